The number of benzene rings is 1. The van der Waals surface area contributed by atoms with Crippen molar-refractivity contribution < 1.29 is 50.6 Å². The Morgan fingerprint density at radius 1 is 1.03 bits per heavy atom. The van der Waals surface area contributed by atoms with Crippen molar-refractivity contribution >= 4 is 44.9 Å². The second-order valence-electron chi connectivity index (χ2n) is 17.7. The Bertz CT molecular complexity index is 2080. The fourth-order valence-electron chi connectivity index (χ4n) is 8.59. The summed E-state index contributed by atoms with van der Waals surface area (Å²) >= 11 is 0. The van der Waals surface area contributed by atoms with Crippen LogP contribution in [0, 0.1) is 23.2 Å². The SMILES string of the molecule is CCC1C2CN(C(=O)C(C(C)(C)C)NC(=O)OC3CC3CCCCC(F)(F)c3nc4ccc(OC)cc4nc3O2)C1C(=O)NC1(C(=O)NS(=O)(=O)C2CC2)CC1CC. The van der Waals surface area contributed by atoms with Gasteiger partial charge in [0.2, 0.25) is 27.7 Å². The smallest absolute Gasteiger partial charge is 0.408 e. The highest BCUT2D eigenvalue weighted by molar-refractivity contribution is 7.91. The highest BCUT2D eigenvalue weighted by Gasteiger charge is 2.63. The van der Waals surface area contributed by atoms with Gasteiger partial charge in [0.25, 0.3) is 11.8 Å². The number of fused-ring (bicyclic) bond motifs is 5. The van der Waals surface area contributed by atoms with E-state index in [1.54, 1.807) is 39.8 Å². The van der Waals surface area contributed by atoms with Crippen molar-refractivity contribution in [2.45, 2.75) is 140 Å². The highest BCUT2D eigenvalue weighted by Crippen LogP contribution is 2.48. The maximum Gasteiger partial charge on any atom is 0.408 e. The van der Waals surface area contributed by atoms with E-state index < -0.39 is 104 Å². The third-order valence-corrected chi connectivity index (χ3v) is 14.2. The Labute approximate surface area is 337 Å². The van der Waals surface area contributed by atoms with Crippen molar-refractivity contribution in [2.75, 3.05) is 13.7 Å². The third kappa shape index (κ3) is 8.26. The lowest BCUT2D eigenvalue weighted by atomic mass is 9.85. The van der Waals surface area contributed by atoms with E-state index in [1.165, 1.54) is 18.1 Å². The maximum absolute atomic E-state index is 16.3. The number of halogens is 2. The Hall–Kier alpha value is -4.35. The number of nitrogens with zero attached hydrogens (tertiary/aromatic N) is 3. The van der Waals surface area contributed by atoms with Crippen molar-refractivity contribution in [2.24, 2.45) is 23.2 Å². The van der Waals surface area contributed by atoms with Crippen molar-refractivity contribution in [3.05, 3.63) is 23.9 Å². The minimum Gasteiger partial charge on any atom is -0.497 e. The van der Waals surface area contributed by atoms with Gasteiger partial charge < -0.3 is 29.7 Å². The molecule has 8 unspecified atom stereocenters. The van der Waals surface area contributed by atoms with E-state index in [2.05, 4.69) is 25.3 Å². The number of hydrogen-bond acceptors (Lipinski definition) is 11. The summed E-state index contributed by atoms with van der Waals surface area (Å²) in [7, 11) is -2.49. The van der Waals surface area contributed by atoms with E-state index >= 15 is 8.78 Å². The molecule has 2 aliphatic heterocycles. The minimum atomic E-state index is -3.95. The van der Waals surface area contributed by atoms with Crippen LogP contribution in [0.3, 0.4) is 0 Å². The van der Waals surface area contributed by atoms with Gasteiger partial charge in [-0.2, -0.15) is 8.78 Å². The van der Waals surface area contributed by atoms with Gasteiger partial charge in [0.05, 0.1) is 29.9 Å². The van der Waals surface area contributed by atoms with E-state index in [4.69, 9.17) is 14.2 Å². The summed E-state index contributed by atoms with van der Waals surface area (Å²) in [5, 5.41) is 4.91. The summed E-state index contributed by atoms with van der Waals surface area (Å²) in [5.41, 5.74) is -2.71. The molecule has 318 valence electrons. The van der Waals surface area contributed by atoms with Crippen LogP contribution >= 0.6 is 0 Å². The molecule has 1 aromatic carbocycles. The Balaban J connectivity index is 1.29. The summed E-state index contributed by atoms with van der Waals surface area (Å²) < 4.78 is 78.0. The predicted molar refractivity (Wildman–Crippen MR) is 206 cm³/mol. The molecule has 58 heavy (non-hydrogen) atoms. The van der Waals surface area contributed by atoms with Gasteiger partial charge in [-0.1, -0.05) is 47.5 Å². The molecule has 2 bridgehead atoms. The molecule has 0 spiro atoms. The normalized spacial score (nSPS) is 31.3. The largest absolute Gasteiger partial charge is 0.497 e. The molecular formula is C40H54F2N6O9S. The zero-order valence-electron chi connectivity index (χ0n) is 33.8. The van der Waals surface area contributed by atoms with Gasteiger partial charge in [-0.05, 0) is 74.3 Å². The maximum atomic E-state index is 16.3. The van der Waals surface area contributed by atoms with Crippen LogP contribution in [0.15, 0.2) is 18.2 Å². The van der Waals surface area contributed by atoms with E-state index in [1.807, 2.05) is 6.92 Å². The molecule has 4 amide bonds. The van der Waals surface area contributed by atoms with Crippen molar-refractivity contribution in [1.82, 2.24) is 30.2 Å². The zero-order chi connectivity index (χ0) is 41.9. The lowest BCUT2D eigenvalue weighted by Crippen LogP contribution is -2.61. The molecule has 1 saturated heterocycles. The molecule has 8 atom stereocenters. The summed E-state index contributed by atoms with van der Waals surface area (Å²) in [6.07, 6.45) is 0.564. The van der Waals surface area contributed by atoms with E-state index in [9.17, 15) is 27.6 Å². The molecule has 2 aromatic rings. The number of carbonyl (C=O) groups excluding carboxylic acids is 4. The van der Waals surface area contributed by atoms with Gasteiger partial charge in [-0.15, -0.1) is 0 Å². The highest BCUT2D eigenvalue weighted by atomic mass is 32.2. The Morgan fingerprint density at radius 2 is 1.78 bits per heavy atom. The van der Waals surface area contributed by atoms with Crippen molar-refractivity contribution in [3.8, 4) is 11.6 Å². The lowest BCUT2D eigenvalue weighted by molar-refractivity contribution is -0.143. The zero-order valence-corrected chi connectivity index (χ0v) is 34.6. The van der Waals surface area contributed by atoms with Gasteiger partial charge in [0.15, 0.2) is 5.69 Å². The quantitative estimate of drug-likeness (QED) is 0.334. The number of alkyl halides is 2. The van der Waals surface area contributed by atoms with Crippen LogP contribution in [-0.2, 0) is 35.1 Å². The first-order valence-electron chi connectivity index (χ1n) is 20.4. The number of rotatable bonds is 8. The van der Waals surface area contributed by atoms with E-state index in [0.29, 0.717) is 44.3 Å². The molecule has 18 heteroatoms. The fraction of sp³-hybridized carbons (Fsp3) is 0.700. The van der Waals surface area contributed by atoms with Crippen LogP contribution in [0.2, 0.25) is 0 Å². The lowest BCUT2D eigenvalue weighted by Gasteiger charge is -2.36. The first-order valence-corrected chi connectivity index (χ1v) is 21.9. The van der Waals surface area contributed by atoms with E-state index in [0.717, 1.165) is 0 Å². The van der Waals surface area contributed by atoms with Crippen molar-refractivity contribution in [1.29, 1.82) is 0 Å². The number of sulfonamides is 1. The molecule has 7 rings (SSSR count). The molecule has 1 aromatic heterocycles. The predicted octanol–water partition coefficient (Wildman–Crippen LogP) is 4.71. The number of amides is 4. The van der Waals surface area contributed by atoms with Crippen LogP contribution in [0.25, 0.3) is 11.0 Å². The molecule has 3 saturated carbocycles. The number of hydrogen-bond donors (Lipinski definition) is 3. The summed E-state index contributed by atoms with van der Waals surface area (Å²) in [5.74, 6) is -6.99. The monoisotopic (exact) mass is 832 g/mol. The molecule has 0 radical (unpaired) electrons. The fourth-order valence-corrected chi connectivity index (χ4v) is 9.95. The second-order valence-corrected chi connectivity index (χ2v) is 19.6. The van der Waals surface area contributed by atoms with Gasteiger partial charge in [-0.3, -0.25) is 19.1 Å². The minimum absolute atomic E-state index is 0.00716. The average Bonchev–Trinajstić information content (AvgIpc) is 4.08. The number of nitrogens with one attached hydrogen (secondary N) is 3. The molecular weight excluding hydrogens is 779 g/mol. The number of alkyl carbamates (subject to hydrolysis) is 1. The molecule has 3 N–H and O–H groups in total. The third-order valence-electron chi connectivity index (χ3n) is 12.4. The van der Waals surface area contributed by atoms with Crippen LogP contribution in [-0.4, -0.2) is 95.8 Å². The van der Waals surface area contributed by atoms with Crippen LogP contribution in [0.1, 0.15) is 105 Å². The summed E-state index contributed by atoms with van der Waals surface area (Å²) in [4.78, 5) is 66.8. The first-order chi connectivity index (χ1) is 27.3. The average molecular weight is 833 g/mol. The Morgan fingerprint density at radius 3 is 2.41 bits per heavy atom. The van der Waals surface area contributed by atoms with Gasteiger partial charge in [0.1, 0.15) is 35.6 Å². The molecule has 4 fully saturated rings. The molecule has 3 heterocycles. The topological polar surface area (TPSA) is 195 Å². The van der Waals surface area contributed by atoms with Gasteiger partial charge >= 0.3 is 6.09 Å². The summed E-state index contributed by atoms with van der Waals surface area (Å²) in [6, 6.07) is 2.13. The standard InChI is InChI=1S/C40H54F2N6O9S/c1-7-22-19-39(22,36(51)47-58(53,54)24-13-14-24)46-33(49)30-25(8-2)29-20-48(30)35(50)32(38(3,4)5)45-37(52)57-28-17-21(28)11-9-10-16-40(41,42)31-34(56-29)44-27-18-23(55-6)12-15-26(27)43-31/h12,15,18,21-22,24-25,28-30,32H,7-11,13-14,16-17,19-20H2,1-6H3,(H,45,52)(H,46,49)(H,47,51). The van der Waals surface area contributed by atoms with Crippen LogP contribution < -0.4 is 24.8 Å². The number of aromatic nitrogens is 2. The van der Waals surface area contributed by atoms with Crippen LogP contribution in [0.5, 0.6) is 11.6 Å². The van der Waals surface area contributed by atoms with Crippen molar-refractivity contribution in [3.63, 3.8) is 0 Å². The van der Waals surface area contributed by atoms with Gasteiger partial charge in [0, 0.05) is 18.4 Å². The second kappa shape index (κ2) is 15.4. The summed E-state index contributed by atoms with van der Waals surface area (Å²) in [6.45, 7) is 8.56. The van der Waals surface area contributed by atoms with Crippen LogP contribution in [0.4, 0.5) is 13.6 Å². The molecule has 3 aliphatic carbocycles. The first kappa shape index (κ1) is 41.8. The van der Waals surface area contributed by atoms with Gasteiger partial charge in [-0.25, -0.2) is 23.2 Å². The molecule has 15 nitrogen and oxygen atoms in total. The van der Waals surface area contributed by atoms with E-state index in [-0.39, 0.29) is 48.7 Å². The number of methoxy groups -OCH3 is 1. The number of carbonyl (C=O) groups is 4. The molecule has 5 aliphatic rings. The number of ether oxygens (including phenoxy) is 3. The Kier molecular flexibility index (Phi) is 11.1.